The summed E-state index contributed by atoms with van der Waals surface area (Å²) in [4.78, 5) is 11.3. The van der Waals surface area contributed by atoms with Crippen molar-refractivity contribution in [3.8, 4) is 0 Å². The Morgan fingerprint density at radius 1 is 1.75 bits per heavy atom. The zero-order valence-electron chi connectivity index (χ0n) is 6.34. The lowest BCUT2D eigenvalue weighted by Gasteiger charge is -2.01. The Balaban J connectivity index is 2.48. The van der Waals surface area contributed by atoms with Crippen molar-refractivity contribution in [2.24, 2.45) is 5.73 Å². The molecule has 1 unspecified atom stereocenters. The van der Waals surface area contributed by atoms with Gasteiger partial charge < -0.3 is 10.2 Å². The molecule has 1 aromatic heterocycles. The summed E-state index contributed by atoms with van der Waals surface area (Å²) in [7, 11) is 0. The van der Waals surface area contributed by atoms with E-state index in [2.05, 4.69) is 15.9 Å². The molecule has 1 aliphatic carbocycles. The first-order valence-corrected chi connectivity index (χ1v) is 4.54. The SMILES string of the molecule is NCC1CC(=O)c2cc(Br)oc21. The van der Waals surface area contributed by atoms with Gasteiger partial charge in [0.05, 0.1) is 5.56 Å². The van der Waals surface area contributed by atoms with E-state index in [1.165, 1.54) is 0 Å². The second-order valence-electron chi connectivity index (χ2n) is 2.89. The van der Waals surface area contributed by atoms with Crippen LogP contribution < -0.4 is 5.73 Å². The van der Waals surface area contributed by atoms with E-state index in [1.807, 2.05) is 0 Å². The van der Waals surface area contributed by atoms with Crippen LogP contribution >= 0.6 is 15.9 Å². The molecule has 0 spiro atoms. The minimum Gasteiger partial charge on any atom is -0.453 e. The number of Topliss-reactive ketones (excluding diaryl/α,β-unsaturated/α-hetero) is 1. The number of ketones is 1. The lowest BCUT2D eigenvalue weighted by molar-refractivity contribution is 0.0989. The molecule has 0 saturated carbocycles. The van der Waals surface area contributed by atoms with Crippen LogP contribution in [0.4, 0.5) is 0 Å². The highest BCUT2D eigenvalue weighted by molar-refractivity contribution is 9.10. The number of furan rings is 1. The van der Waals surface area contributed by atoms with Gasteiger partial charge >= 0.3 is 0 Å². The summed E-state index contributed by atoms with van der Waals surface area (Å²) in [5, 5.41) is 0. The van der Waals surface area contributed by atoms with Gasteiger partial charge in [-0.3, -0.25) is 4.79 Å². The number of carbonyl (C=O) groups excluding carboxylic acids is 1. The molecule has 1 aliphatic rings. The van der Waals surface area contributed by atoms with Crippen LogP contribution in [0.3, 0.4) is 0 Å². The summed E-state index contributed by atoms with van der Waals surface area (Å²) in [5.41, 5.74) is 6.18. The predicted octanol–water partition coefficient (Wildman–Crippen LogP) is 1.67. The Kier molecular flexibility index (Phi) is 1.81. The van der Waals surface area contributed by atoms with Gasteiger partial charge in [0.15, 0.2) is 10.5 Å². The largest absolute Gasteiger partial charge is 0.453 e. The number of hydrogen-bond acceptors (Lipinski definition) is 3. The van der Waals surface area contributed by atoms with Gasteiger partial charge in [0.1, 0.15) is 5.76 Å². The van der Waals surface area contributed by atoms with Crippen molar-refractivity contribution in [2.75, 3.05) is 6.54 Å². The van der Waals surface area contributed by atoms with E-state index in [0.717, 1.165) is 5.76 Å². The number of carbonyl (C=O) groups is 1. The molecule has 0 aromatic carbocycles. The quantitative estimate of drug-likeness (QED) is 0.798. The second-order valence-corrected chi connectivity index (χ2v) is 3.67. The molecule has 64 valence electrons. The van der Waals surface area contributed by atoms with Gasteiger partial charge in [-0.25, -0.2) is 0 Å². The van der Waals surface area contributed by atoms with E-state index in [9.17, 15) is 4.79 Å². The molecule has 1 atom stereocenters. The normalized spacial score (nSPS) is 21.5. The molecule has 12 heavy (non-hydrogen) atoms. The first-order valence-electron chi connectivity index (χ1n) is 3.75. The van der Waals surface area contributed by atoms with E-state index in [4.69, 9.17) is 10.2 Å². The van der Waals surface area contributed by atoms with Crippen LogP contribution in [0.25, 0.3) is 0 Å². The summed E-state index contributed by atoms with van der Waals surface area (Å²) in [6, 6.07) is 1.72. The zero-order chi connectivity index (χ0) is 8.72. The molecule has 0 bridgehead atoms. The lowest BCUT2D eigenvalue weighted by atomic mass is 10.1. The lowest BCUT2D eigenvalue weighted by Crippen LogP contribution is -2.09. The van der Waals surface area contributed by atoms with Crippen LogP contribution in [0, 0.1) is 0 Å². The average Bonchev–Trinajstić information content (AvgIpc) is 2.52. The monoisotopic (exact) mass is 229 g/mol. The van der Waals surface area contributed by atoms with Crippen molar-refractivity contribution >= 4 is 21.7 Å². The number of fused-ring (bicyclic) bond motifs is 1. The molecular formula is C8H8BrNO2. The molecule has 2 N–H and O–H groups in total. The van der Waals surface area contributed by atoms with Crippen molar-refractivity contribution in [3.05, 3.63) is 22.1 Å². The first-order chi connectivity index (χ1) is 5.72. The fourth-order valence-corrected chi connectivity index (χ4v) is 1.92. The summed E-state index contributed by atoms with van der Waals surface area (Å²) >= 11 is 3.18. The van der Waals surface area contributed by atoms with Gasteiger partial charge in [-0.15, -0.1) is 0 Å². The first kappa shape index (κ1) is 8.01. The van der Waals surface area contributed by atoms with Crippen LogP contribution in [-0.2, 0) is 0 Å². The van der Waals surface area contributed by atoms with E-state index in [-0.39, 0.29) is 11.7 Å². The Hall–Kier alpha value is -0.610. The van der Waals surface area contributed by atoms with E-state index in [0.29, 0.717) is 23.2 Å². The number of nitrogens with two attached hydrogens (primary N) is 1. The van der Waals surface area contributed by atoms with Crippen molar-refractivity contribution in [3.63, 3.8) is 0 Å². The third-order valence-corrected chi connectivity index (χ3v) is 2.51. The number of halogens is 1. The fourth-order valence-electron chi connectivity index (χ4n) is 1.51. The van der Waals surface area contributed by atoms with Crippen LogP contribution in [0.1, 0.15) is 28.5 Å². The molecule has 1 heterocycles. The molecule has 0 aliphatic heterocycles. The van der Waals surface area contributed by atoms with Gasteiger partial charge in [0, 0.05) is 24.9 Å². The summed E-state index contributed by atoms with van der Waals surface area (Å²) in [5.74, 6) is 0.961. The summed E-state index contributed by atoms with van der Waals surface area (Å²) in [6.45, 7) is 0.471. The van der Waals surface area contributed by atoms with Crippen LogP contribution in [0.2, 0.25) is 0 Å². The maximum atomic E-state index is 11.3. The minimum atomic E-state index is 0.0822. The molecule has 2 rings (SSSR count). The molecule has 0 fully saturated rings. The highest BCUT2D eigenvalue weighted by atomic mass is 79.9. The van der Waals surface area contributed by atoms with Gasteiger partial charge in [-0.05, 0) is 15.9 Å². The smallest absolute Gasteiger partial charge is 0.170 e. The maximum absolute atomic E-state index is 11.3. The van der Waals surface area contributed by atoms with Crippen molar-refractivity contribution < 1.29 is 9.21 Å². The maximum Gasteiger partial charge on any atom is 0.170 e. The summed E-state index contributed by atoms with van der Waals surface area (Å²) < 4.78 is 5.93. The highest BCUT2D eigenvalue weighted by Gasteiger charge is 2.32. The third-order valence-electron chi connectivity index (χ3n) is 2.12. The van der Waals surface area contributed by atoms with Crippen LogP contribution in [-0.4, -0.2) is 12.3 Å². The third kappa shape index (κ3) is 1.03. The van der Waals surface area contributed by atoms with E-state index in [1.54, 1.807) is 6.07 Å². The molecule has 1 aromatic rings. The predicted molar refractivity (Wildman–Crippen MR) is 47.2 cm³/mol. The number of rotatable bonds is 1. The van der Waals surface area contributed by atoms with Crippen molar-refractivity contribution in [2.45, 2.75) is 12.3 Å². The highest BCUT2D eigenvalue weighted by Crippen LogP contribution is 2.36. The van der Waals surface area contributed by atoms with Crippen LogP contribution in [0.15, 0.2) is 15.2 Å². The Morgan fingerprint density at radius 2 is 2.50 bits per heavy atom. The van der Waals surface area contributed by atoms with Gasteiger partial charge in [-0.2, -0.15) is 0 Å². The Morgan fingerprint density at radius 3 is 3.17 bits per heavy atom. The number of hydrogen-bond donors (Lipinski definition) is 1. The minimum absolute atomic E-state index is 0.0822. The summed E-state index contributed by atoms with van der Waals surface area (Å²) in [6.07, 6.45) is 0.498. The molecule has 0 saturated heterocycles. The topological polar surface area (TPSA) is 56.2 Å². The van der Waals surface area contributed by atoms with Crippen molar-refractivity contribution in [1.29, 1.82) is 0 Å². The Labute approximate surface area is 78.0 Å². The van der Waals surface area contributed by atoms with E-state index < -0.39 is 0 Å². The van der Waals surface area contributed by atoms with Crippen molar-refractivity contribution in [1.82, 2.24) is 0 Å². The molecule has 0 radical (unpaired) electrons. The van der Waals surface area contributed by atoms with Gasteiger partial charge in [0.2, 0.25) is 0 Å². The van der Waals surface area contributed by atoms with Gasteiger partial charge in [0.25, 0.3) is 0 Å². The van der Waals surface area contributed by atoms with Gasteiger partial charge in [-0.1, -0.05) is 0 Å². The van der Waals surface area contributed by atoms with E-state index >= 15 is 0 Å². The second kappa shape index (κ2) is 2.71. The molecule has 0 amide bonds. The standard InChI is InChI=1S/C8H8BrNO2/c9-7-2-5-6(11)1-4(3-10)8(5)12-7/h2,4H,1,3,10H2. The molecule has 4 heteroatoms. The van der Waals surface area contributed by atoms with Crippen LogP contribution in [0.5, 0.6) is 0 Å². The average molecular weight is 230 g/mol. The molecular weight excluding hydrogens is 222 g/mol. The fraction of sp³-hybridized carbons (Fsp3) is 0.375. The Bertz CT molecular complexity index is 332. The molecule has 3 nitrogen and oxygen atoms in total. The zero-order valence-corrected chi connectivity index (χ0v) is 7.93.